The summed E-state index contributed by atoms with van der Waals surface area (Å²) in [5, 5.41) is 2.86. The quantitative estimate of drug-likeness (QED) is 0.270. The lowest BCUT2D eigenvalue weighted by molar-refractivity contribution is -0.146. The number of likely N-dealkylation sites (N-methyl/N-ethyl adjacent to an activating group) is 1. The van der Waals surface area contributed by atoms with Crippen LogP contribution in [-0.2, 0) is 20.9 Å². The summed E-state index contributed by atoms with van der Waals surface area (Å²) in [4.78, 5) is 29.9. The number of halogens is 1. The highest BCUT2D eigenvalue weighted by Gasteiger charge is 2.26. The van der Waals surface area contributed by atoms with E-state index in [1.54, 1.807) is 36.6 Å². The van der Waals surface area contributed by atoms with Gasteiger partial charge in [-0.2, -0.15) is 0 Å². The summed E-state index contributed by atoms with van der Waals surface area (Å²) in [6.45, 7) is 6.73. The number of rotatable bonds is 13. The maximum Gasteiger partial charge on any atom is 0.344 e. The maximum atomic E-state index is 14.4. The first-order valence-electron chi connectivity index (χ1n) is 15.2. The molecule has 10 nitrogen and oxygen atoms in total. The summed E-state index contributed by atoms with van der Waals surface area (Å²) in [6, 6.07) is 11.7. The van der Waals surface area contributed by atoms with Gasteiger partial charge in [0.05, 0.1) is 33.4 Å². The predicted molar refractivity (Wildman–Crippen MR) is 172 cm³/mol. The van der Waals surface area contributed by atoms with Crippen LogP contribution in [-0.4, -0.2) is 88.9 Å². The number of nitrogens with one attached hydrogen (secondary N) is 1. The highest BCUT2D eigenvalue weighted by molar-refractivity contribution is 6.08. The fraction of sp³-hybridized carbons (Fsp3) is 0.371. The first-order chi connectivity index (χ1) is 22.2. The number of carbonyl (C=O) groups excluding carboxylic acids is 2. The molecular weight excluding hydrogens is 593 g/mol. The Morgan fingerprint density at radius 2 is 1.76 bits per heavy atom. The molecule has 1 N–H and O–H groups in total. The molecule has 0 spiro atoms. The minimum atomic E-state index is -0.485. The highest BCUT2D eigenvalue weighted by atomic mass is 19.1. The van der Waals surface area contributed by atoms with Gasteiger partial charge in [0, 0.05) is 32.7 Å². The van der Waals surface area contributed by atoms with Crippen molar-refractivity contribution < 1.29 is 37.3 Å². The topological polar surface area (TPSA) is 103 Å². The molecule has 2 aliphatic rings. The monoisotopic (exact) mass is 633 g/mol. The molecule has 46 heavy (non-hydrogen) atoms. The van der Waals surface area contributed by atoms with Gasteiger partial charge in [0.25, 0.3) is 0 Å². The van der Waals surface area contributed by atoms with Gasteiger partial charge < -0.3 is 33.6 Å². The van der Waals surface area contributed by atoms with Crippen LogP contribution in [0.25, 0.3) is 17.2 Å². The lowest BCUT2D eigenvalue weighted by atomic mass is 10.00. The van der Waals surface area contributed by atoms with E-state index in [0.717, 1.165) is 54.0 Å². The minimum absolute atomic E-state index is 0.0746. The third kappa shape index (κ3) is 7.96. The van der Waals surface area contributed by atoms with Gasteiger partial charge in [-0.15, -0.1) is 0 Å². The van der Waals surface area contributed by atoms with Gasteiger partial charge in [-0.3, -0.25) is 9.69 Å². The first-order valence-corrected chi connectivity index (χ1v) is 15.2. The van der Waals surface area contributed by atoms with Crippen molar-refractivity contribution in [1.82, 2.24) is 15.1 Å². The summed E-state index contributed by atoms with van der Waals surface area (Å²) >= 11 is 0. The third-order valence-electron chi connectivity index (χ3n) is 8.23. The number of piperazine rings is 1. The number of methoxy groups -OCH3 is 2. The molecule has 1 aliphatic carbocycles. The Hall–Kier alpha value is -4.61. The van der Waals surface area contributed by atoms with Crippen LogP contribution in [0.3, 0.4) is 0 Å². The van der Waals surface area contributed by atoms with Crippen LogP contribution in [0.2, 0.25) is 0 Å². The summed E-state index contributed by atoms with van der Waals surface area (Å²) in [5.74, 6) is 0.583. The molecule has 1 fully saturated rings. The van der Waals surface area contributed by atoms with Gasteiger partial charge in [0.1, 0.15) is 18.2 Å². The van der Waals surface area contributed by atoms with E-state index in [-0.39, 0.29) is 37.0 Å². The number of ether oxygens (including phenoxy) is 4. The molecule has 1 aliphatic heterocycles. The zero-order chi connectivity index (χ0) is 32.6. The van der Waals surface area contributed by atoms with E-state index in [2.05, 4.69) is 22.2 Å². The second-order valence-electron chi connectivity index (χ2n) is 11.3. The molecule has 0 unspecified atom stereocenters. The molecule has 2 heterocycles. The fourth-order valence-electron chi connectivity index (χ4n) is 5.63. The predicted octanol–water partition coefficient (Wildman–Crippen LogP) is 4.64. The molecule has 1 amide bonds. The normalized spacial score (nSPS) is 16.0. The smallest absolute Gasteiger partial charge is 0.344 e. The SMILES string of the molecule is COc1cc(/C=C2/C(C)=C(CC(=O)NCc3ccco3)c3cc(F)ccc32)cc(OC)c1OCC(=O)OCCN1CCN(C)CC1. The van der Waals surface area contributed by atoms with Crippen molar-refractivity contribution in [2.75, 3.05) is 67.2 Å². The second-order valence-corrected chi connectivity index (χ2v) is 11.3. The lowest BCUT2D eigenvalue weighted by Crippen LogP contribution is -2.45. The molecule has 3 aromatic rings. The largest absolute Gasteiger partial charge is 0.493 e. The number of esters is 1. The van der Waals surface area contributed by atoms with Crippen LogP contribution in [0.15, 0.2) is 58.7 Å². The highest BCUT2D eigenvalue weighted by Crippen LogP contribution is 2.45. The molecule has 1 aromatic heterocycles. The fourth-order valence-corrected chi connectivity index (χ4v) is 5.63. The van der Waals surface area contributed by atoms with Crippen LogP contribution < -0.4 is 19.5 Å². The Kier molecular flexibility index (Phi) is 10.8. The van der Waals surface area contributed by atoms with Gasteiger partial charge in [-0.25, -0.2) is 9.18 Å². The van der Waals surface area contributed by atoms with Crippen molar-refractivity contribution in [3.63, 3.8) is 0 Å². The maximum absolute atomic E-state index is 14.4. The van der Waals surface area contributed by atoms with E-state index in [1.807, 2.05) is 13.0 Å². The van der Waals surface area contributed by atoms with Crippen molar-refractivity contribution >= 4 is 29.1 Å². The van der Waals surface area contributed by atoms with Gasteiger partial charge >= 0.3 is 5.97 Å². The minimum Gasteiger partial charge on any atom is -0.493 e. The number of fused-ring (bicyclic) bond motifs is 1. The number of furan rings is 1. The van der Waals surface area contributed by atoms with E-state index in [4.69, 9.17) is 23.4 Å². The number of benzene rings is 2. The molecule has 0 radical (unpaired) electrons. The van der Waals surface area contributed by atoms with Crippen molar-refractivity contribution in [3.05, 3.63) is 82.6 Å². The molecule has 244 valence electrons. The number of allylic oxidation sites excluding steroid dienone is 2. The summed E-state index contributed by atoms with van der Waals surface area (Å²) in [6.07, 6.45) is 3.56. The zero-order valence-electron chi connectivity index (χ0n) is 26.7. The molecule has 0 atom stereocenters. The average Bonchev–Trinajstić information content (AvgIpc) is 3.66. The van der Waals surface area contributed by atoms with Crippen LogP contribution in [0.4, 0.5) is 4.39 Å². The van der Waals surface area contributed by atoms with Crippen molar-refractivity contribution in [2.45, 2.75) is 19.9 Å². The Balaban J connectivity index is 1.30. The number of amides is 1. The molecular formula is C35H40FN3O7. The van der Waals surface area contributed by atoms with E-state index in [0.29, 0.717) is 36.0 Å². The van der Waals surface area contributed by atoms with Gasteiger partial charge in [0.2, 0.25) is 11.7 Å². The van der Waals surface area contributed by atoms with Crippen molar-refractivity contribution in [3.8, 4) is 17.2 Å². The van der Waals surface area contributed by atoms with E-state index >= 15 is 0 Å². The molecule has 5 rings (SSSR count). The summed E-state index contributed by atoms with van der Waals surface area (Å²) in [5.41, 5.74) is 4.63. The number of nitrogens with zero attached hydrogens (tertiary/aromatic N) is 2. The lowest BCUT2D eigenvalue weighted by Gasteiger charge is -2.32. The van der Waals surface area contributed by atoms with Crippen LogP contribution in [0, 0.1) is 5.82 Å². The van der Waals surface area contributed by atoms with E-state index in [9.17, 15) is 14.0 Å². The number of hydrogen-bond acceptors (Lipinski definition) is 9. The van der Waals surface area contributed by atoms with Gasteiger partial charge in [-0.05, 0) is 89.9 Å². The van der Waals surface area contributed by atoms with E-state index in [1.165, 1.54) is 26.4 Å². The molecule has 11 heteroatoms. The molecule has 0 saturated carbocycles. The van der Waals surface area contributed by atoms with Gasteiger partial charge in [0.15, 0.2) is 18.1 Å². The average molecular weight is 634 g/mol. The Labute approximate surface area is 268 Å². The number of hydrogen-bond donors (Lipinski definition) is 1. The Bertz CT molecular complexity index is 1580. The van der Waals surface area contributed by atoms with Crippen molar-refractivity contribution in [2.24, 2.45) is 0 Å². The summed E-state index contributed by atoms with van der Waals surface area (Å²) in [7, 11) is 5.11. The molecule has 1 saturated heterocycles. The number of carbonyl (C=O) groups is 2. The third-order valence-corrected chi connectivity index (χ3v) is 8.23. The van der Waals surface area contributed by atoms with Crippen molar-refractivity contribution in [1.29, 1.82) is 0 Å². The van der Waals surface area contributed by atoms with Crippen LogP contribution in [0.5, 0.6) is 17.2 Å². The second kappa shape index (κ2) is 15.1. The van der Waals surface area contributed by atoms with Crippen LogP contribution in [0.1, 0.15) is 35.8 Å². The Morgan fingerprint density at radius 3 is 2.43 bits per heavy atom. The Morgan fingerprint density at radius 1 is 1.02 bits per heavy atom. The standard InChI is InChI=1S/C35H40FN3O7/c1-23-28(27-8-7-25(36)19-30(27)29(23)20-33(40)37-21-26-6-5-14-44-26)16-24-17-31(42-3)35(32(18-24)43-4)46-22-34(41)45-15-13-39-11-9-38(2)10-12-39/h5-8,14,16-19H,9-13,15,20-22H2,1-4H3,(H,37,40)/b28-16-. The summed E-state index contributed by atoms with van der Waals surface area (Å²) < 4.78 is 42.2. The van der Waals surface area contributed by atoms with Gasteiger partial charge in [-0.1, -0.05) is 6.07 Å². The molecule has 0 bridgehead atoms. The zero-order valence-corrected chi connectivity index (χ0v) is 26.7. The van der Waals surface area contributed by atoms with E-state index < -0.39 is 5.97 Å². The van der Waals surface area contributed by atoms with Crippen LogP contribution >= 0.6 is 0 Å². The molecule has 2 aromatic carbocycles. The first kappa shape index (κ1) is 32.8.